The van der Waals surface area contributed by atoms with Crippen molar-refractivity contribution in [3.8, 4) is 0 Å². The zero-order chi connectivity index (χ0) is 29.9. The maximum absolute atomic E-state index is 11.7. The number of nitrogens with one attached hydrogen (secondary N) is 2. The first kappa shape index (κ1) is 32.9. The summed E-state index contributed by atoms with van der Waals surface area (Å²) in [4.78, 5) is 23.4. The Morgan fingerprint density at radius 1 is 0.600 bits per heavy atom. The topological polar surface area (TPSA) is 286 Å². The van der Waals surface area contributed by atoms with Crippen molar-refractivity contribution in [1.82, 2.24) is 10.6 Å². The molecule has 0 aromatic rings. The normalized spacial score (nSPS) is 46.0. The molecule has 0 bridgehead atoms. The fourth-order valence-corrected chi connectivity index (χ4v) is 4.86. The number of carbonyl (C=O) groups is 2. The maximum atomic E-state index is 11.7. The summed E-state index contributed by atoms with van der Waals surface area (Å²) in [6, 6.07) is -2.85. The van der Waals surface area contributed by atoms with Crippen LogP contribution in [0.5, 0.6) is 0 Å². The predicted molar refractivity (Wildman–Crippen MR) is 124 cm³/mol. The van der Waals surface area contributed by atoms with Crippen molar-refractivity contribution in [2.45, 2.75) is 106 Å². The van der Waals surface area contributed by atoms with E-state index in [0.29, 0.717) is 0 Å². The van der Waals surface area contributed by atoms with E-state index >= 15 is 0 Å². The average molecular weight is 587 g/mol. The van der Waals surface area contributed by atoms with Gasteiger partial charge in [0.1, 0.15) is 73.1 Å². The highest BCUT2D eigenvalue weighted by molar-refractivity contribution is 5.73. The smallest absolute Gasteiger partial charge is 0.217 e. The SMILES string of the molecule is CC(=O)N[C@H]1[C@H](O[C@@H]2[C@H](O)[C@H](O[C@@H]3O[C@H](CO)[C@@H](O)[C@@H](O)[C@H]3NC(C)=O)[C@@H](CO)O[C@@H]2O)O[C@H](CO)[C@@H](O)[C@H]1O. The Hall–Kier alpha value is -1.62. The summed E-state index contributed by atoms with van der Waals surface area (Å²) in [5, 5.41) is 96.7. The second-order valence-corrected chi connectivity index (χ2v) is 9.81. The molecule has 3 aliphatic heterocycles. The summed E-state index contributed by atoms with van der Waals surface area (Å²) >= 11 is 0. The Labute approximate surface area is 228 Å². The van der Waals surface area contributed by atoms with Crippen LogP contribution in [0, 0.1) is 0 Å². The Bertz CT molecular complexity index is 854. The summed E-state index contributed by atoms with van der Waals surface area (Å²) in [5.74, 6) is -1.31. The van der Waals surface area contributed by atoms with E-state index in [2.05, 4.69) is 10.6 Å². The standard InChI is InChI=1S/C22H38N2O16/c1-6(28)23-11-15(32)13(30)8(3-25)37-21(11)39-18-10(5-27)36-20(35)19(17(18)34)40-22-12(24-7(2)29)16(33)14(31)9(4-26)38-22/h8-22,25-27,30-35H,3-5H2,1-2H3,(H,23,28)(H,24,29)/t8-,9-,10-,11-,12-,13-,14-,15+,16+,17-,18-,19-,20+,21+,22+/m1/s1. The van der Waals surface area contributed by atoms with Crippen molar-refractivity contribution in [3.63, 3.8) is 0 Å². The van der Waals surface area contributed by atoms with Gasteiger partial charge in [-0.1, -0.05) is 0 Å². The number of carbonyl (C=O) groups excluding carboxylic acids is 2. The minimum absolute atomic E-state index is 0.649. The van der Waals surface area contributed by atoms with Crippen molar-refractivity contribution in [2.75, 3.05) is 19.8 Å². The van der Waals surface area contributed by atoms with E-state index in [1.54, 1.807) is 0 Å². The molecule has 0 aromatic carbocycles. The van der Waals surface area contributed by atoms with Crippen LogP contribution in [0.1, 0.15) is 13.8 Å². The second-order valence-electron chi connectivity index (χ2n) is 9.81. The zero-order valence-corrected chi connectivity index (χ0v) is 21.7. The monoisotopic (exact) mass is 586 g/mol. The summed E-state index contributed by atoms with van der Waals surface area (Å²) in [7, 11) is 0. The molecule has 3 saturated heterocycles. The van der Waals surface area contributed by atoms with Crippen LogP contribution in [0.3, 0.4) is 0 Å². The third-order valence-corrected chi connectivity index (χ3v) is 6.90. The molecule has 18 nitrogen and oxygen atoms in total. The fourth-order valence-electron chi connectivity index (χ4n) is 4.86. The van der Waals surface area contributed by atoms with Gasteiger partial charge in [0, 0.05) is 13.8 Å². The van der Waals surface area contributed by atoms with E-state index < -0.39 is 124 Å². The summed E-state index contributed by atoms with van der Waals surface area (Å²) in [6.07, 6.45) is -21.3. The van der Waals surface area contributed by atoms with E-state index in [1.165, 1.54) is 0 Å². The van der Waals surface area contributed by atoms with Crippen LogP contribution in [-0.2, 0) is 33.3 Å². The molecule has 11 N–H and O–H groups in total. The molecule has 3 fully saturated rings. The number of ether oxygens (including phenoxy) is 5. The highest BCUT2D eigenvalue weighted by Crippen LogP contribution is 2.32. The lowest BCUT2D eigenvalue weighted by Gasteiger charge is -2.49. The molecule has 0 saturated carbocycles. The third kappa shape index (κ3) is 7.05. The Morgan fingerprint density at radius 2 is 1.00 bits per heavy atom. The van der Waals surface area contributed by atoms with Gasteiger partial charge in [-0.25, -0.2) is 0 Å². The van der Waals surface area contributed by atoms with Gasteiger partial charge in [-0.3, -0.25) is 9.59 Å². The second kappa shape index (κ2) is 14.0. The molecule has 2 amide bonds. The first-order chi connectivity index (χ1) is 18.8. The van der Waals surface area contributed by atoms with Crippen LogP contribution in [0.4, 0.5) is 0 Å². The molecule has 3 rings (SSSR count). The summed E-state index contributed by atoms with van der Waals surface area (Å²) < 4.78 is 27.7. The summed E-state index contributed by atoms with van der Waals surface area (Å²) in [5.41, 5.74) is 0. The Kier molecular flexibility index (Phi) is 11.5. The van der Waals surface area contributed by atoms with Gasteiger partial charge in [0.05, 0.1) is 19.8 Å². The number of amides is 2. The molecule has 15 atom stereocenters. The molecule has 0 aromatic heterocycles. The van der Waals surface area contributed by atoms with Crippen molar-refractivity contribution < 1.29 is 79.2 Å². The zero-order valence-electron chi connectivity index (χ0n) is 21.7. The molecule has 232 valence electrons. The Balaban J connectivity index is 1.86. The molecule has 3 aliphatic rings. The van der Waals surface area contributed by atoms with Crippen LogP contribution >= 0.6 is 0 Å². The molecule has 0 unspecified atom stereocenters. The van der Waals surface area contributed by atoms with Gasteiger partial charge in [-0.05, 0) is 0 Å². The number of hydrogen-bond donors (Lipinski definition) is 11. The van der Waals surface area contributed by atoms with Gasteiger partial charge >= 0.3 is 0 Å². The number of aliphatic hydroxyl groups is 9. The molecule has 3 heterocycles. The van der Waals surface area contributed by atoms with Gasteiger partial charge in [-0.15, -0.1) is 0 Å². The quantitative estimate of drug-likeness (QED) is 0.120. The van der Waals surface area contributed by atoms with E-state index in [1.807, 2.05) is 0 Å². The maximum Gasteiger partial charge on any atom is 0.217 e. The van der Waals surface area contributed by atoms with Crippen molar-refractivity contribution in [3.05, 3.63) is 0 Å². The van der Waals surface area contributed by atoms with Crippen molar-refractivity contribution in [2.24, 2.45) is 0 Å². The average Bonchev–Trinajstić information content (AvgIpc) is 2.90. The van der Waals surface area contributed by atoms with Crippen LogP contribution in [0.2, 0.25) is 0 Å². The van der Waals surface area contributed by atoms with Crippen molar-refractivity contribution >= 4 is 11.8 Å². The Morgan fingerprint density at radius 3 is 1.38 bits per heavy atom. The predicted octanol–water partition coefficient (Wildman–Crippen LogP) is -7.29. The van der Waals surface area contributed by atoms with E-state index in [0.717, 1.165) is 13.8 Å². The van der Waals surface area contributed by atoms with Gasteiger partial charge in [0.25, 0.3) is 0 Å². The molecule has 0 aliphatic carbocycles. The first-order valence-corrected chi connectivity index (χ1v) is 12.6. The minimum atomic E-state index is -1.94. The highest BCUT2D eigenvalue weighted by atomic mass is 16.7. The lowest BCUT2D eigenvalue weighted by molar-refractivity contribution is -0.369. The highest BCUT2D eigenvalue weighted by Gasteiger charge is 2.54. The molecule has 40 heavy (non-hydrogen) atoms. The van der Waals surface area contributed by atoms with Gasteiger partial charge in [0.2, 0.25) is 11.8 Å². The summed E-state index contributed by atoms with van der Waals surface area (Å²) in [6.45, 7) is -0.114. The molecule has 0 spiro atoms. The molecule has 18 heteroatoms. The third-order valence-electron chi connectivity index (χ3n) is 6.90. The largest absolute Gasteiger partial charge is 0.394 e. The first-order valence-electron chi connectivity index (χ1n) is 12.6. The van der Waals surface area contributed by atoms with Crippen LogP contribution in [0.15, 0.2) is 0 Å². The van der Waals surface area contributed by atoms with E-state index in [9.17, 15) is 55.5 Å². The van der Waals surface area contributed by atoms with Crippen molar-refractivity contribution in [1.29, 1.82) is 0 Å². The van der Waals surface area contributed by atoms with Gasteiger partial charge in [-0.2, -0.15) is 0 Å². The lowest BCUT2D eigenvalue weighted by atomic mass is 9.94. The lowest BCUT2D eigenvalue weighted by Crippen LogP contribution is -2.69. The molecular weight excluding hydrogens is 548 g/mol. The molecular formula is C22H38N2O16. The van der Waals surface area contributed by atoms with Crippen LogP contribution in [-0.4, -0.2) is 170 Å². The van der Waals surface area contributed by atoms with Crippen LogP contribution < -0.4 is 10.6 Å². The van der Waals surface area contributed by atoms with Gasteiger partial charge in [0.15, 0.2) is 18.9 Å². The van der Waals surface area contributed by atoms with E-state index in [-0.39, 0.29) is 0 Å². The number of aliphatic hydroxyl groups excluding tert-OH is 9. The minimum Gasteiger partial charge on any atom is -0.394 e. The molecule has 0 radical (unpaired) electrons. The fraction of sp³-hybridized carbons (Fsp3) is 0.909. The van der Waals surface area contributed by atoms with Crippen LogP contribution in [0.25, 0.3) is 0 Å². The van der Waals surface area contributed by atoms with E-state index in [4.69, 9.17) is 23.7 Å². The number of rotatable bonds is 9. The number of hydrogen-bond acceptors (Lipinski definition) is 16. The van der Waals surface area contributed by atoms with Gasteiger partial charge < -0.3 is 80.3 Å².